The number of carbonyl (C=O) groups is 2. The number of para-hydroxylation sites is 1. The molecule has 0 amide bonds. The van der Waals surface area contributed by atoms with Crippen LogP contribution in [-0.2, 0) is 24.5 Å². The Balaban J connectivity index is 0.829. The minimum Gasteiger partial charge on any atom is -0.458 e. The second-order valence-corrected chi connectivity index (χ2v) is 20.7. The van der Waals surface area contributed by atoms with E-state index in [1.54, 1.807) is 6.08 Å². The van der Waals surface area contributed by atoms with Crippen LogP contribution in [0, 0.1) is 52.3 Å². The number of hydrogen-bond donors (Lipinski definition) is 3. The van der Waals surface area contributed by atoms with Crippen molar-refractivity contribution in [3.63, 3.8) is 0 Å². The molecule has 9 fully saturated rings. The first kappa shape index (κ1) is 34.8. The SMILES string of the molecule is CCC1C2CC3C4N(C)c5ccccc5C45CC(C2C5O)[N+]3(CC(=O)OC2CC[C@@]3(C)C(CCC4C3CC[C@]3(C)C(C5=CC(=O)OC5)CCC43O)C2)[C@@H]1O. The van der Waals surface area contributed by atoms with Crippen LogP contribution in [0.2, 0.25) is 0 Å². The molecule has 5 saturated carbocycles. The Morgan fingerprint density at radius 2 is 1.83 bits per heavy atom. The van der Waals surface area contributed by atoms with Gasteiger partial charge in [0.05, 0.1) is 29.2 Å². The molecule has 1 aromatic carbocycles. The summed E-state index contributed by atoms with van der Waals surface area (Å²) in [5, 5.41) is 37.5. The van der Waals surface area contributed by atoms with Gasteiger partial charge in [-0.05, 0) is 116 Å². The van der Waals surface area contributed by atoms with Crippen LogP contribution in [0.25, 0.3) is 0 Å². The van der Waals surface area contributed by atoms with Gasteiger partial charge in [-0.2, -0.15) is 0 Å². The lowest BCUT2D eigenvalue weighted by Crippen LogP contribution is -2.83. The fourth-order valence-electron chi connectivity index (χ4n) is 17.6. The molecular formula is C45H61N2O7+. The van der Waals surface area contributed by atoms with Gasteiger partial charge in [-0.1, -0.05) is 39.0 Å². The number of ether oxygens (including phenoxy) is 2. The molecular weight excluding hydrogens is 681 g/mol. The van der Waals surface area contributed by atoms with E-state index in [0.29, 0.717) is 22.9 Å². The molecule has 18 atom stereocenters. The third-order valence-corrected chi connectivity index (χ3v) is 19.8. The first-order valence-corrected chi connectivity index (χ1v) is 21.7. The summed E-state index contributed by atoms with van der Waals surface area (Å²) in [7, 11) is 2.17. The molecule has 54 heavy (non-hydrogen) atoms. The number of aliphatic hydroxyl groups is 3. The van der Waals surface area contributed by atoms with Gasteiger partial charge < -0.3 is 29.7 Å². The Morgan fingerprint density at radius 1 is 1.02 bits per heavy atom. The van der Waals surface area contributed by atoms with Crippen LogP contribution >= 0.6 is 0 Å². The van der Waals surface area contributed by atoms with Gasteiger partial charge in [-0.3, -0.25) is 4.48 Å². The van der Waals surface area contributed by atoms with Crippen LogP contribution in [0.4, 0.5) is 5.69 Å². The number of aliphatic hydroxyl groups excluding tert-OH is 2. The molecule has 9 nitrogen and oxygen atoms in total. The van der Waals surface area contributed by atoms with Crippen molar-refractivity contribution < 1.29 is 38.9 Å². The van der Waals surface area contributed by atoms with Crippen molar-refractivity contribution in [1.82, 2.24) is 0 Å². The van der Waals surface area contributed by atoms with E-state index in [-0.39, 0.29) is 88.5 Å². The Bertz CT molecular complexity index is 1830. The van der Waals surface area contributed by atoms with E-state index in [1.807, 2.05) is 0 Å². The number of fused-ring (bicyclic) bond motifs is 7. The number of likely N-dealkylation sites (N-methyl/N-ethyl adjacent to an activating group) is 1. The minimum atomic E-state index is -0.739. The topological polar surface area (TPSA) is 117 Å². The van der Waals surface area contributed by atoms with Crippen LogP contribution in [0.1, 0.15) is 103 Å². The van der Waals surface area contributed by atoms with Crippen LogP contribution < -0.4 is 4.90 Å². The highest BCUT2D eigenvalue weighted by Gasteiger charge is 2.83. The third kappa shape index (κ3) is 3.88. The monoisotopic (exact) mass is 741 g/mol. The summed E-state index contributed by atoms with van der Waals surface area (Å²) in [6, 6.07) is 8.74. The second-order valence-electron chi connectivity index (χ2n) is 20.7. The minimum absolute atomic E-state index is 0.0370. The highest BCUT2D eigenvalue weighted by Crippen LogP contribution is 2.73. The molecule has 15 unspecified atom stereocenters. The molecule has 5 bridgehead atoms. The number of carbonyl (C=O) groups excluding carboxylic acids is 2. The number of benzene rings is 1. The summed E-state index contributed by atoms with van der Waals surface area (Å²) in [6.45, 7) is 7.48. The van der Waals surface area contributed by atoms with Crippen LogP contribution in [0.5, 0.6) is 0 Å². The summed E-state index contributed by atoms with van der Waals surface area (Å²) >= 11 is 0. The normalized spacial score (nSPS) is 54.4. The van der Waals surface area contributed by atoms with E-state index in [0.717, 1.165) is 82.6 Å². The van der Waals surface area contributed by atoms with E-state index in [1.165, 1.54) is 11.3 Å². The summed E-state index contributed by atoms with van der Waals surface area (Å²) in [5.74, 6) is 1.32. The maximum atomic E-state index is 14.5. The van der Waals surface area contributed by atoms with Crippen molar-refractivity contribution >= 4 is 17.6 Å². The molecule has 6 heterocycles. The van der Waals surface area contributed by atoms with Gasteiger partial charge in [0, 0.05) is 48.9 Å². The van der Waals surface area contributed by atoms with Gasteiger partial charge in [0.1, 0.15) is 18.8 Å². The summed E-state index contributed by atoms with van der Waals surface area (Å²) in [4.78, 5) is 28.8. The Kier molecular flexibility index (Phi) is 7.17. The van der Waals surface area contributed by atoms with Gasteiger partial charge in [0.25, 0.3) is 0 Å². The third-order valence-electron chi connectivity index (χ3n) is 19.8. The number of piperidine rings is 4. The number of quaternary nitrogens is 1. The van der Waals surface area contributed by atoms with Crippen molar-refractivity contribution in [3.05, 3.63) is 41.5 Å². The summed E-state index contributed by atoms with van der Waals surface area (Å²) < 4.78 is 12.3. The van der Waals surface area contributed by atoms with Crippen molar-refractivity contribution in [1.29, 1.82) is 0 Å². The van der Waals surface area contributed by atoms with Gasteiger partial charge in [-0.15, -0.1) is 0 Å². The number of cyclic esters (lactones) is 1. The van der Waals surface area contributed by atoms with Crippen LogP contribution in [0.3, 0.4) is 0 Å². The zero-order valence-electron chi connectivity index (χ0n) is 32.7. The van der Waals surface area contributed by atoms with E-state index >= 15 is 0 Å². The molecule has 0 aromatic heterocycles. The van der Waals surface area contributed by atoms with Crippen LogP contribution in [-0.4, -0.2) is 94.1 Å². The van der Waals surface area contributed by atoms with Crippen LogP contribution in [0.15, 0.2) is 35.9 Å². The molecule has 12 rings (SSSR count). The van der Waals surface area contributed by atoms with Crippen molar-refractivity contribution in [3.8, 4) is 0 Å². The van der Waals surface area contributed by atoms with Gasteiger partial charge in [-0.25, -0.2) is 9.59 Å². The van der Waals surface area contributed by atoms with Gasteiger partial charge >= 0.3 is 11.9 Å². The molecule has 1 aromatic rings. The average molecular weight is 742 g/mol. The second kappa shape index (κ2) is 11.1. The zero-order valence-corrected chi connectivity index (χ0v) is 32.7. The number of anilines is 1. The molecule has 11 aliphatic rings. The Labute approximate surface area is 320 Å². The van der Waals surface area contributed by atoms with E-state index < -0.39 is 17.9 Å². The number of nitrogens with zero attached hydrogens (tertiary/aromatic N) is 2. The predicted molar refractivity (Wildman–Crippen MR) is 201 cm³/mol. The van der Waals surface area contributed by atoms with E-state index in [9.17, 15) is 24.9 Å². The maximum absolute atomic E-state index is 14.5. The highest BCUT2D eigenvalue weighted by molar-refractivity contribution is 5.85. The van der Waals surface area contributed by atoms with Crippen molar-refractivity contribution in [2.24, 2.45) is 52.3 Å². The zero-order chi connectivity index (χ0) is 37.3. The molecule has 5 aliphatic carbocycles. The molecule has 3 N–H and O–H groups in total. The number of rotatable bonds is 5. The summed E-state index contributed by atoms with van der Waals surface area (Å²) in [6.07, 6.45) is 11.5. The highest BCUT2D eigenvalue weighted by atomic mass is 16.5. The lowest BCUT2D eigenvalue weighted by atomic mass is 9.43. The largest absolute Gasteiger partial charge is 0.458 e. The predicted octanol–water partition coefficient (Wildman–Crippen LogP) is 5.24. The number of esters is 2. The van der Waals surface area contributed by atoms with Crippen molar-refractivity contribution in [2.75, 3.05) is 25.1 Å². The fourth-order valence-corrected chi connectivity index (χ4v) is 17.6. The van der Waals surface area contributed by atoms with Crippen molar-refractivity contribution in [2.45, 2.75) is 145 Å². The smallest absolute Gasteiger partial charge is 0.362 e. The van der Waals surface area contributed by atoms with Gasteiger partial charge in [0.15, 0.2) is 12.8 Å². The first-order chi connectivity index (χ1) is 25.8. The Hall–Kier alpha value is -2.46. The maximum Gasteiger partial charge on any atom is 0.362 e. The number of hydrogen-bond acceptors (Lipinski definition) is 8. The van der Waals surface area contributed by atoms with Gasteiger partial charge in [0.2, 0.25) is 0 Å². The quantitative estimate of drug-likeness (QED) is 0.278. The molecule has 4 saturated heterocycles. The molecule has 0 radical (unpaired) electrons. The lowest BCUT2D eigenvalue weighted by molar-refractivity contribution is -1.03. The average Bonchev–Trinajstić information content (AvgIpc) is 3.83. The molecule has 1 spiro atoms. The van der Waals surface area contributed by atoms with E-state index in [4.69, 9.17) is 9.47 Å². The Morgan fingerprint density at radius 3 is 2.61 bits per heavy atom. The fraction of sp³-hybridized carbons (Fsp3) is 0.778. The summed E-state index contributed by atoms with van der Waals surface area (Å²) in [5.41, 5.74) is 2.28. The lowest BCUT2D eigenvalue weighted by Gasteiger charge is -2.67. The molecule has 6 aliphatic heterocycles. The standard InChI is InChI=1S/C45H61N2O7/c1-5-27-28-20-34-39-44(32-8-6-7-9-33(32)46(39)4)21-35(38(28)40(44)50)47(34,41(27)51)22-37(49)54-26-12-15-42(2)25(19-26)10-11-31-30(42)13-16-43(3)29(14-17-45(31,43)52)24-18-36(48)53-23-24/h6-9,18,25-31,34-35,38-41,50-52H,5,10-17,19-23H2,1-4H3/q+1/t25?,26?,27?,28?,29?,30?,31?,34?,35?,38?,39?,40?,41-,42+,43-,44?,45?,47?/m1/s1. The van der Waals surface area contributed by atoms with E-state index in [2.05, 4.69) is 57.0 Å². The molecule has 9 heteroatoms. The molecule has 292 valence electrons. The first-order valence-electron chi connectivity index (χ1n) is 21.7.